The highest BCUT2D eigenvalue weighted by Crippen LogP contribution is 2.14. The van der Waals surface area contributed by atoms with Gasteiger partial charge in [-0.3, -0.25) is 4.55 Å². The molecule has 2 aromatic carbocycles. The molecule has 0 aliphatic rings. The largest absolute Gasteiger partial charge is 0.478 e. The van der Waals surface area contributed by atoms with Gasteiger partial charge in [0.15, 0.2) is 0 Å². The zero-order valence-electron chi connectivity index (χ0n) is 11.1. The van der Waals surface area contributed by atoms with E-state index in [1.54, 1.807) is 30.3 Å². The van der Waals surface area contributed by atoms with Crippen molar-refractivity contribution in [2.45, 2.75) is 4.90 Å². The number of carboxylic acid groups (broad SMARTS) is 2. The van der Waals surface area contributed by atoms with Gasteiger partial charge in [-0.25, -0.2) is 9.59 Å². The van der Waals surface area contributed by atoms with Gasteiger partial charge in [-0.15, -0.1) is 0 Å². The van der Waals surface area contributed by atoms with Crippen LogP contribution in [-0.2, 0) is 10.1 Å². The van der Waals surface area contributed by atoms with E-state index < -0.39 is 32.5 Å². The Morgan fingerprint density at radius 1 is 0.773 bits per heavy atom. The van der Waals surface area contributed by atoms with E-state index in [1.807, 2.05) is 0 Å². The molecular weight excluding hydrogens is 312 g/mol. The van der Waals surface area contributed by atoms with Gasteiger partial charge in [0.05, 0.1) is 11.1 Å². The van der Waals surface area contributed by atoms with Crippen LogP contribution in [0.15, 0.2) is 59.5 Å². The van der Waals surface area contributed by atoms with Gasteiger partial charge in [0, 0.05) is 0 Å². The molecule has 0 atom stereocenters. The summed E-state index contributed by atoms with van der Waals surface area (Å²) < 4.78 is 29.9. The zero-order valence-corrected chi connectivity index (χ0v) is 11.9. The predicted octanol–water partition coefficient (Wildman–Crippen LogP) is 2.02. The van der Waals surface area contributed by atoms with E-state index in [1.165, 1.54) is 12.1 Å². The monoisotopic (exact) mass is 324 g/mol. The maximum atomic E-state index is 10.7. The Hall–Kier alpha value is -2.71. The molecule has 0 radical (unpaired) electrons. The average Bonchev–Trinajstić information content (AvgIpc) is 2.48. The van der Waals surface area contributed by atoms with Crippen molar-refractivity contribution >= 4 is 22.1 Å². The summed E-state index contributed by atoms with van der Waals surface area (Å²) in [5, 5.41) is 16.9. The minimum atomic E-state index is -4.46. The topological polar surface area (TPSA) is 129 Å². The molecule has 0 aromatic heterocycles. The molecule has 2 aromatic rings. The third kappa shape index (κ3) is 5.00. The molecule has 116 valence electrons. The van der Waals surface area contributed by atoms with Crippen LogP contribution in [0.2, 0.25) is 0 Å². The molecule has 0 bridgehead atoms. The van der Waals surface area contributed by atoms with Crippen LogP contribution in [0, 0.1) is 0 Å². The summed E-state index contributed by atoms with van der Waals surface area (Å²) in [4.78, 5) is 20.1. The molecule has 0 aliphatic heterocycles. The van der Waals surface area contributed by atoms with E-state index in [-0.39, 0.29) is 0 Å². The lowest BCUT2D eigenvalue weighted by atomic mass is 10.2. The maximum Gasteiger partial charge on any atom is 0.337 e. The average molecular weight is 324 g/mol. The SMILES string of the molecule is O=C(O)c1ccccc1.O=C(O)c1ccccc1S(=O)(=O)O. The van der Waals surface area contributed by atoms with Gasteiger partial charge in [0.1, 0.15) is 4.90 Å². The second-order valence-corrected chi connectivity index (χ2v) is 5.34. The molecular formula is C14H12O7S. The van der Waals surface area contributed by atoms with Crippen LogP contribution in [0.5, 0.6) is 0 Å². The van der Waals surface area contributed by atoms with Gasteiger partial charge in [-0.2, -0.15) is 8.42 Å². The highest BCUT2D eigenvalue weighted by molar-refractivity contribution is 7.86. The second-order valence-electron chi connectivity index (χ2n) is 3.95. The number of carboxylic acids is 2. The van der Waals surface area contributed by atoms with Crippen LogP contribution < -0.4 is 0 Å². The van der Waals surface area contributed by atoms with Crippen LogP contribution >= 0.6 is 0 Å². The van der Waals surface area contributed by atoms with Crippen molar-refractivity contribution < 1.29 is 32.8 Å². The van der Waals surface area contributed by atoms with Crippen molar-refractivity contribution in [2.24, 2.45) is 0 Å². The smallest absolute Gasteiger partial charge is 0.337 e. The standard InChI is InChI=1S/C7H6O5S.C7H6O2/c8-7(9)5-3-1-2-4-6(5)13(10,11)12;8-7(9)6-4-2-1-3-5-6/h1-4H,(H,8,9)(H,10,11,12);1-5H,(H,8,9). The first kappa shape index (κ1) is 17.3. The van der Waals surface area contributed by atoms with Crippen LogP contribution in [0.25, 0.3) is 0 Å². The lowest BCUT2D eigenvalue weighted by Gasteiger charge is -2.00. The first-order valence-electron chi connectivity index (χ1n) is 5.81. The van der Waals surface area contributed by atoms with Gasteiger partial charge in [0.25, 0.3) is 10.1 Å². The number of rotatable bonds is 3. The summed E-state index contributed by atoms with van der Waals surface area (Å²) in [6.07, 6.45) is 0. The molecule has 0 saturated carbocycles. The van der Waals surface area contributed by atoms with Crippen molar-refractivity contribution in [3.05, 3.63) is 65.7 Å². The molecule has 8 heteroatoms. The van der Waals surface area contributed by atoms with Crippen molar-refractivity contribution in [3.63, 3.8) is 0 Å². The predicted molar refractivity (Wildman–Crippen MR) is 76.6 cm³/mol. The lowest BCUT2D eigenvalue weighted by molar-refractivity contribution is 0.0683. The number of hydrogen-bond donors (Lipinski definition) is 3. The Bertz CT molecular complexity index is 767. The summed E-state index contributed by atoms with van der Waals surface area (Å²) in [6.45, 7) is 0. The van der Waals surface area contributed by atoms with E-state index in [4.69, 9.17) is 14.8 Å². The Kier molecular flexibility index (Phi) is 5.79. The highest BCUT2D eigenvalue weighted by Gasteiger charge is 2.18. The minimum Gasteiger partial charge on any atom is -0.478 e. The normalized spacial score (nSPS) is 10.2. The number of benzene rings is 2. The molecule has 0 heterocycles. The van der Waals surface area contributed by atoms with Crippen LogP contribution in [-0.4, -0.2) is 35.1 Å². The summed E-state index contributed by atoms with van der Waals surface area (Å²) in [5.74, 6) is -2.27. The van der Waals surface area contributed by atoms with Crippen molar-refractivity contribution in [1.82, 2.24) is 0 Å². The fourth-order valence-corrected chi connectivity index (χ4v) is 2.13. The van der Waals surface area contributed by atoms with Gasteiger partial charge in [-0.1, -0.05) is 30.3 Å². The number of carbonyl (C=O) groups is 2. The quantitative estimate of drug-likeness (QED) is 0.736. The summed E-state index contributed by atoms with van der Waals surface area (Å²) in [7, 11) is -4.46. The van der Waals surface area contributed by atoms with Crippen molar-refractivity contribution in [2.75, 3.05) is 0 Å². The van der Waals surface area contributed by atoms with Crippen molar-refractivity contribution in [1.29, 1.82) is 0 Å². The zero-order chi connectivity index (χ0) is 16.8. The van der Waals surface area contributed by atoms with E-state index in [2.05, 4.69) is 0 Å². The fraction of sp³-hybridized carbons (Fsp3) is 0. The first-order valence-corrected chi connectivity index (χ1v) is 7.25. The van der Waals surface area contributed by atoms with Crippen LogP contribution in [0.4, 0.5) is 0 Å². The van der Waals surface area contributed by atoms with Gasteiger partial charge >= 0.3 is 11.9 Å². The molecule has 22 heavy (non-hydrogen) atoms. The highest BCUT2D eigenvalue weighted by atomic mass is 32.2. The third-order valence-corrected chi connectivity index (χ3v) is 3.33. The molecule has 0 unspecified atom stereocenters. The Labute approximate surface area is 126 Å². The van der Waals surface area contributed by atoms with Crippen LogP contribution in [0.3, 0.4) is 0 Å². The molecule has 0 spiro atoms. The third-order valence-electron chi connectivity index (χ3n) is 2.42. The summed E-state index contributed by atoms with van der Waals surface area (Å²) >= 11 is 0. The Morgan fingerprint density at radius 3 is 1.64 bits per heavy atom. The number of hydrogen-bond acceptors (Lipinski definition) is 4. The molecule has 0 fully saturated rings. The summed E-state index contributed by atoms with van der Waals surface area (Å²) in [5.41, 5.74) is -0.109. The molecule has 3 N–H and O–H groups in total. The van der Waals surface area contributed by atoms with E-state index in [0.29, 0.717) is 5.56 Å². The van der Waals surface area contributed by atoms with E-state index in [9.17, 15) is 18.0 Å². The Balaban J connectivity index is 0.000000235. The lowest BCUT2D eigenvalue weighted by Crippen LogP contribution is -2.07. The van der Waals surface area contributed by atoms with Crippen molar-refractivity contribution in [3.8, 4) is 0 Å². The minimum absolute atomic E-state index is 0.331. The maximum absolute atomic E-state index is 10.7. The van der Waals surface area contributed by atoms with Gasteiger partial charge < -0.3 is 10.2 Å². The molecule has 0 aliphatic carbocycles. The molecule has 0 saturated heterocycles. The van der Waals surface area contributed by atoms with E-state index in [0.717, 1.165) is 12.1 Å². The fourth-order valence-electron chi connectivity index (χ4n) is 1.45. The summed E-state index contributed by atoms with van der Waals surface area (Å²) in [6, 6.07) is 13.1. The number of aromatic carboxylic acids is 2. The van der Waals surface area contributed by atoms with Crippen LogP contribution in [0.1, 0.15) is 20.7 Å². The van der Waals surface area contributed by atoms with Gasteiger partial charge in [-0.05, 0) is 24.3 Å². The molecule has 7 nitrogen and oxygen atoms in total. The Morgan fingerprint density at radius 2 is 1.27 bits per heavy atom. The molecule has 0 amide bonds. The molecule has 2 rings (SSSR count). The van der Waals surface area contributed by atoms with Gasteiger partial charge in [0.2, 0.25) is 0 Å². The first-order chi connectivity index (χ1) is 10.2. The second kappa shape index (κ2) is 7.34. The van der Waals surface area contributed by atoms with E-state index >= 15 is 0 Å².